The van der Waals surface area contributed by atoms with Crippen molar-refractivity contribution < 1.29 is 14.7 Å². The molecule has 6 heteroatoms. The molecule has 2 aliphatic heterocycles. The van der Waals surface area contributed by atoms with Gasteiger partial charge in [-0.1, -0.05) is 43.0 Å². The van der Waals surface area contributed by atoms with Crippen LogP contribution >= 0.6 is 11.6 Å². The average Bonchev–Trinajstić information content (AvgIpc) is 3.18. The molecule has 3 fully saturated rings. The molecule has 2 atom stereocenters. The van der Waals surface area contributed by atoms with Gasteiger partial charge in [0.05, 0.1) is 0 Å². The second-order valence-corrected chi connectivity index (χ2v) is 9.18. The molecule has 3 aliphatic rings. The zero-order chi connectivity index (χ0) is 19.7. The number of nitrogens with zero attached hydrogens (tertiary/aromatic N) is 2. The largest absolute Gasteiger partial charge is 0.481 e. The molecule has 1 N–H and O–H groups in total. The zero-order valence-corrected chi connectivity index (χ0v) is 17.0. The molecule has 1 unspecified atom stereocenters. The molecule has 1 saturated carbocycles. The normalized spacial score (nSPS) is 29.1. The first-order valence-electron chi connectivity index (χ1n) is 10.5. The lowest BCUT2D eigenvalue weighted by molar-refractivity contribution is -0.140. The van der Waals surface area contributed by atoms with Crippen LogP contribution < -0.4 is 0 Å². The fourth-order valence-corrected chi connectivity index (χ4v) is 5.70. The molecule has 1 aromatic carbocycles. The average molecular weight is 405 g/mol. The number of carbonyl (C=O) groups excluding carboxylic acids is 1. The molecule has 1 aromatic rings. The number of hydrogen-bond donors (Lipinski definition) is 1. The highest BCUT2D eigenvalue weighted by Crippen LogP contribution is 2.44. The van der Waals surface area contributed by atoms with E-state index in [1.807, 2.05) is 24.3 Å². The molecule has 2 saturated heterocycles. The van der Waals surface area contributed by atoms with E-state index in [1.54, 1.807) is 0 Å². The number of amides is 1. The number of benzene rings is 1. The molecule has 4 rings (SSSR count). The molecule has 1 amide bonds. The van der Waals surface area contributed by atoms with E-state index in [2.05, 4.69) is 9.80 Å². The molecule has 28 heavy (non-hydrogen) atoms. The highest BCUT2D eigenvalue weighted by atomic mass is 35.5. The minimum absolute atomic E-state index is 0.0278. The molecule has 5 nitrogen and oxygen atoms in total. The van der Waals surface area contributed by atoms with Gasteiger partial charge in [-0.3, -0.25) is 14.5 Å². The van der Waals surface area contributed by atoms with E-state index in [0.29, 0.717) is 30.6 Å². The quantitative estimate of drug-likeness (QED) is 0.807. The van der Waals surface area contributed by atoms with Gasteiger partial charge in [0.1, 0.15) is 5.54 Å². The summed E-state index contributed by atoms with van der Waals surface area (Å²) < 4.78 is 0. The van der Waals surface area contributed by atoms with Crippen LogP contribution in [-0.2, 0) is 16.1 Å². The lowest BCUT2D eigenvalue weighted by atomic mass is 9.88. The maximum atomic E-state index is 13.6. The highest BCUT2D eigenvalue weighted by Gasteiger charge is 2.56. The van der Waals surface area contributed by atoms with Crippen molar-refractivity contribution in [1.29, 1.82) is 0 Å². The van der Waals surface area contributed by atoms with Crippen LogP contribution in [0.2, 0.25) is 5.02 Å². The topological polar surface area (TPSA) is 60.9 Å². The smallest absolute Gasteiger partial charge is 0.303 e. The summed E-state index contributed by atoms with van der Waals surface area (Å²) in [7, 11) is 0. The Labute approximate surface area is 171 Å². The Morgan fingerprint density at radius 2 is 1.89 bits per heavy atom. The van der Waals surface area contributed by atoms with Gasteiger partial charge in [-0.2, -0.15) is 0 Å². The predicted octanol–water partition coefficient (Wildman–Crippen LogP) is 3.94. The number of hydrogen-bond acceptors (Lipinski definition) is 3. The van der Waals surface area contributed by atoms with Crippen LogP contribution in [0.5, 0.6) is 0 Å². The number of carboxylic acid groups (broad SMARTS) is 1. The first-order chi connectivity index (χ1) is 13.5. The molecule has 1 spiro atoms. The van der Waals surface area contributed by atoms with Gasteiger partial charge in [0.2, 0.25) is 5.91 Å². The van der Waals surface area contributed by atoms with Gasteiger partial charge in [0.15, 0.2) is 0 Å². The van der Waals surface area contributed by atoms with E-state index in [1.165, 1.54) is 19.3 Å². The molecular weight excluding hydrogens is 376 g/mol. The first-order valence-corrected chi connectivity index (χ1v) is 10.9. The Balaban J connectivity index is 1.56. The van der Waals surface area contributed by atoms with Crippen molar-refractivity contribution in [2.45, 2.75) is 69.5 Å². The van der Waals surface area contributed by atoms with Crippen molar-refractivity contribution in [3.8, 4) is 0 Å². The SMILES string of the molecule is O=C(O)C[C@H]1CN(Cc2ccc(Cl)cc2)C2(CCN(C3CCCCC3)C2=O)C1. The van der Waals surface area contributed by atoms with E-state index < -0.39 is 11.5 Å². The number of carboxylic acids is 1. The number of likely N-dealkylation sites (tertiary alicyclic amines) is 2. The second-order valence-electron chi connectivity index (χ2n) is 8.75. The van der Waals surface area contributed by atoms with E-state index in [0.717, 1.165) is 31.4 Å². The van der Waals surface area contributed by atoms with Crippen LogP contribution in [0, 0.1) is 5.92 Å². The Hall–Kier alpha value is -1.59. The summed E-state index contributed by atoms with van der Waals surface area (Å²) in [6, 6.07) is 8.12. The van der Waals surface area contributed by atoms with Crippen LogP contribution in [0.3, 0.4) is 0 Å². The number of halogens is 1. The Bertz CT molecular complexity index is 732. The molecule has 0 aromatic heterocycles. The van der Waals surface area contributed by atoms with Crippen molar-refractivity contribution in [1.82, 2.24) is 9.80 Å². The maximum absolute atomic E-state index is 13.6. The summed E-state index contributed by atoms with van der Waals surface area (Å²) >= 11 is 6.02. The van der Waals surface area contributed by atoms with Gasteiger partial charge < -0.3 is 10.0 Å². The van der Waals surface area contributed by atoms with Crippen molar-refractivity contribution in [2.24, 2.45) is 5.92 Å². The van der Waals surface area contributed by atoms with Crippen LogP contribution in [-0.4, -0.2) is 51.5 Å². The molecule has 2 heterocycles. The Morgan fingerprint density at radius 3 is 2.57 bits per heavy atom. The number of rotatable bonds is 5. The highest BCUT2D eigenvalue weighted by molar-refractivity contribution is 6.30. The van der Waals surface area contributed by atoms with Gasteiger partial charge in [-0.05, 0) is 49.3 Å². The third-order valence-corrected chi connectivity index (χ3v) is 7.15. The Morgan fingerprint density at radius 1 is 1.18 bits per heavy atom. The first kappa shape index (κ1) is 19.7. The van der Waals surface area contributed by atoms with Gasteiger partial charge in [-0.25, -0.2) is 0 Å². The molecule has 0 bridgehead atoms. The van der Waals surface area contributed by atoms with Crippen LogP contribution in [0.25, 0.3) is 0 Å². The molecule has 1 aliphatic carbocycles. The zero-order valence-electron chi connectivity index (χ0n) is 16.3. The lowest BCUT2D eigenvalue weighted by Crippen LogP contribution is -2.51. The monoisotopic (exact) mass is 404 g/mol. The van der Waals surface area contributed by atoms with Crippen molar-refractivity contribution in [3.05, 3.63) is 34.9 Å². The summed E-state index contributed by atoms with van der Waals surface area (Å²) in [5.41, 5.74) is 0.584. The number of carbonyl (C=O) groups is 2. The van der Waals surface area contributed by atoms with Gasteiger partial charge in [0, 0.05) is 37.1 Å². The van der Waals surface area contributed by atoms with Gasteiger partial charge in [0.25, 0.3) is 0 Å². The van der Waals surface area contributed by atoms with Crippen LogP contribution in [0.15, 0.2) is 24.3 Å². The summed E-state index contributed by atoms with van der Waals surface area (Å²) in [5, 5.41) is 10.0. The third-order valence-electron chi connectivity index (χ3n) is 6.90. The predicted molar refractivity (Wildman–Crippen MR) is 108 cm³/mol. The van der Waals surface area contributed by atoms with Crippen LogP contribution in [0.4, 0.5) is 0 Å². The fourth-order valence-electron chi connectivity index (χ4n) is 5.57. The summed E-state index contributed by atoms with van der Waals surface area (Å²) in [5.74, 6) is -0.510. The minimum atomic E-state index is -0.775. The van der Waals surface area contributed by atoms with E-state index >= 15 is 0 Å². The summed E-state index contributed by atoms with van der Waals surface area (Å²) in [4.78, 5) is 29.3. The van der Waals surface area contributed by atoms with Crippen molar-refractivity contribution >= 4 is 23.5 Å². The number of aliphatic carboxylic acids is 1. The van der Waals surface area contributed by atoms with Gasteiger partial charge in [-0.15, -0.1) is 0 Å². The van der Waals surface area contributed by atoms with Crippen molar-refractivity contribution in [3.63, 3.8) is 0 Å². The van der Waals surface area contributed by atoms with E-state index in [4.69, 9.17) is 11.6 Å². The summed E-state index contributed by atoms with van der Waals surface area (Å²) in [6.45, 7) is 2.14. The molecule has 0 radical (unpaired) electrons. The standard InChI is InChI=1S/C22H29ClN2O3/c23-18-8-6-16(7-9-18)14-24-15-17(12-20(26)27)13-22(24)10-11-25(21(22)28)19-4-2-1-3-5-19/h6-9,17,19H,1-5,10-15H2,(H,26,27)/t17-,22?/m1/s1. The molecule has 152 valence electrons. The fraction of sp³-hybridized carbons (Fsp3) is 0.636. The van der Waals surface area contributed by atoms with Crippen molar-refractivity contribution in [2.75, 3.05) is 13.1 Å². The summed E-state index contributed by atoms with van der Waals surface area (Å²) in [6.07, 6.45) is 7.51. The Kier molecular flexibility index (Phi) is 5.66. The van der Waals surface area contributed by atoms with E-state index in [-0.39, 0.29) is 18.2 Å². The van der Waals surface area contributed by atoms with E-state index in [9.17, 15) is 14.7 Å². The van der Waals surface area contributed by atoms with Crippen LogP contribution in [0.1, 0.15) is 56.9 Å². The molecular formula is C22H29ClN2O3. The van der Waals surface area contributed by atoms with Gasteiger partial charge >= 0.3 is 5.97 Å². The maximum Gasteiger partial charge on any atom is 0.303 e. The lowest BCUT2D eigenvalue weighted by Gasteiger charge is -2.36. The second kappa shape index (κ2) is 8.03. The third kappa shape index (κ3) is 3.79. The minimum Gasteiger partial charge on any atom is -0.481 e.